The Morgan fingerprint density at radius 1 is 0.750 bits per heavy atom. The third kappa shape index (κ3) is 14.5. The van der Waals surface area contributed by atoms with Crippen LogP contribution >= 0.6 is 0 Å². The molecule has 0 saturated heterocycles. The zero-order valence-electron chi connectivity index (χ0n) is 28.8. The van der Waals surface area contributed by atoms with Crippen LogP contribution in [0.5, 0.6) is 0 Å². The monoisotopic (exact) mass is 793 g/mol. The summed E-state index contributed by atoms with van der Waals surface area (Å²) in [5.41, 5.74) is 15.8. The van der Waals surface area contributed by atoms with Crippen LogP contribution in [0.2, 0.25) is 0 Å². The maximum absolute atomic E-state index is 12.4. The van der Waals surface area contributed by atoms with Crippen LogP contribution in [0.3, 0.4) is 0 Å². The molecule has 8 N–H and O–H groups in total. The Morgan fingerprint density at radius 2 is 1.32 bits per heavy atom. The average Bonchev–Trinajstić information content (AvgIpc) is 3.58. The molecule has 5 rings (SSSR count). The van der Waals surface area contributed by atoms with Gasteiger partial charge in [-0.3, -0.25) is 19.4 Å². The van der Waals surface area contributed by atoms with Gasteiger partial charge in [0.15, 0.2) is 6.04 Å². The number of alkyl halides is 6. The van der Waals surface area contributed by atoms with Crippen molar-refractivity contribution in [3.63, 3.8) is 0 Å². The first-order valence-electron chi connectivity index (χ1n) is 15.8. The number of aromatic nitrogens is 1. The number of nitrogens with zero attached hydrogens (tertiary/aromatic N) is 2. The van der Waals surface area contributed by atoms with Crippen molar-refractivity contribution in [1.82, 2.24) is 10.3 Å². The Balaban J connectivity index is 0.000000291. The van der Waals surface area contributed by atoms with E-state index in [2.05, 4.69) is 10.3 Å². The molecule has 1 aliphatic rings. The highest BCUT2D eigenvalue weighted by molar-refractivity contribution is 6.00. The topological polar surface area (TPSA) is 243 Å². The van der Waals surface area contributed by atoms with E-state index in [1.807, 2.05) is 24.3 Å². The summed E-state index contributed by atoms with van der Waals surface area (Å²) in [5.74, 6) is -7.53. The summed E-state index contributed by atoms with van der Waals surface area (Å²) in [6.07, 6.45) is -5.70. The number of amides is 3. The number of carbonyl (C=O) groups is 6. The van der Waals surface area contributed by atoms with Crippen LogP contribution < -0.4 is 21.7 Å². The summed E-state index contributed by atoms with van der Waals surface area (Å²) in [4.78, 5) is 70.7. The second-order valence-corrected chi connectivity index (χ2v) is 11.2. The lowest BCUT2D eigenvalue weighted by Crippen LogP contribution is -2.33. The number of fused-ring (bicyclic) bond motifs is 1. The number of rotatable bonds is 8. The Morgan fingerprint density at radius 3 is 1.82 bits per heavy atom. The zero-order valence-corrected chi connectivity index (χ0v) is 28.8. The zero-order chi connectivity index (χ0) is 42.2. The Labute approximate surface area is 313 Å². The Hall–Kier alpha value is -6.83. The van der Waals surface area contributed by atoms with Gasteiger partial charge in [-0.15, -0.1) is 0 Å². The molecule has 0 aliphatic carbocycles. The third-order valence-electron chi connectivity index (χ3n) is 7.24. The molecule has 0 fully saturated rings. The lowest BCUT2D eigenvalue weighted by Gasteiger charge is -2.17. The predicted octanol–water partition coefficient (Wildman–Crippen LogP) is 4.28. The van der Waals surface area contributed by atoms with E-state index in [9.17, 15) is 50.6 Å². The fraction of sp³-hybridized carbons (Fsp3) is 0.194. The van der Waals surface area contributed by atoms with Crippen molar-refractivity contribution < 1.29 is 70.4 Å². The number of carbonyl (C=O) groups excluding carboxylic acids is 3. The first-order chi connectivity index (χ1) is 26.1. The number of carboxylic acids is 3. The minimum atomic E-state index is -5.08. The minimum Gasteiger partial charge on any atom is -0.479 e. The molecule has 20 heteroatoms. The molecule has 0 unspecified atom stereocenters. The molecular formula is C36H33F6N5O9. The number of benzene rings is 3. The molecule has 1 aliphatic heterocycles. The number of carboxylic acid groups (broad SMARTS) is 3. The molecule has 1 aromatic heterocycles. The van der Waals surface area contributed by atoms with Gasteiger partial charge in [0.1, 0.15) is 0 Å². The van der Waals surface area contributed by atoms with E-state index in [1.54, 1.807) is 78.0 Å². The van der Waals surface area contributed by atoms with Gasteiger partial charge in [0.25, 0.3) is 5.91 Å². The summed E-state index contributed by atoms with van der Waals surface area (Å²) in [7, 11) is 0. The summed E-state index contributed by atoms with van der Waals surface area (Å²) in [5, 5.41) is 26.1. The fourth-order valence-electron chi connectivity index (χ4n) is 4.55. The smallest absolute Gasteiger partial charge is 0.479 e. The molecule has 3 aromatic carbocycles. The van der Waals surface area contributed by atoms with Crippen LogP contribution in [0, 0.1) is 0 Å². The number of pyridine rings is 1. The van der Waals surface area contributed by atoms with Crippen molar-refractivity contribution >= 4 is 41.3 Å². The number of hydrogen-bond donors (Lipinski definition) is 6. The van der Waals surface area contributed by atoms with Crippen molar-refractivity contribution in [3.8, 4) is 0 Å². The standard InChI is InChI=1S/C16H15N3O2.C16H16N2O3.2C2HF3O2/c17-16(21)13-2-1-12-5-8-19(14(12)10-13)15(20)9-11-3-6-18-7-4-11;17-10-11-5-4-8-13(9-11)15(19)18-14(16(20)21)12-6-2-1-3-7-12;2*3-2(4,5)1(6)7/h1-4,6-7,10H,5,8-9H2,(H2,17,21);1-9,14H,10,17H2,(H,18,19)(H,20,21);2*(H,6,7)/t;14-;;/m.1../s1. The van der Waals surface area contributed by atoms with Crippen LogP contribution in [0.25, 0.3) is 0 Å². The Bertz CT molecular complexity index is 1970. The second-order valence-electron chi connectivity index (χ2n) is 11.2. The van der Waals surface area contributed by atoms with Crippen LogP contribution in [0.1, 0.15) is 49.0 Å². The van der Waals surface area contributed by atoms with Crippen molar-refractivity contribution in [2.24, 2.45) is 11.5 Å². The summed E-state index contributed by atoms with van der Waals surface area (Å²) in [6, 6.07) is 23.2. The molecular weight excluding hydrogens is 760 g/mol. The minimum absolute atomic E-state index is 0.0153. The number of nitrogens with one attached hydrogen (secondary N) is 1. The van der Waals surface area contributed by atoms with Crippen LogP contribution in [0.4, 0.5) is 32.0 Å². The molecule has 0 saturated carbocycles. The molecule has 0 bridgehead atoms. The van der Waals surface area contributed by atoms with Crippen LogP contribution in [-0.4, -0.2) is 74.8 Å². The number of hydrogen-bond acceptors (Lipinski definition) is 8. The van der Waals surface area contributed by atoms with E-state index >= 15 is 0 Å². The molecule has 0 spiro atoms. The van der Waals surface area contributed by atoms with Crippen LogP contribution in [0.15, 0.2) is 97.3 Å². The first-order valence-corrected chi connectivity index (χ1v) is 15.8. The van der Waals surface area contributed by atoms with Crippen molar-refractivity contribution in [2.75, 3.05) is 11.4 Å². The Kier molecular flexibility index (Phi) is 16.7. The van der Waals surface area contributed by atoms with Crippen molar-refractivity contribution in [2.45, 2.75) is 37.8 Å². The third-order valence-corrected chi connectivity index (χ3v) is 7.24. The molecule has 56 heavy (non-hydrogen) atoms. The maximum Gasteiger partial charge on any atom is 0.490 e. The number of aliphatic carboxylic acids is 3. The van der Waals surface area contributed by atoms with Crippen molar-refractivity contribution in [3.05, 3.63) is 131 Å². The van der Waals surface area contributed by atoms with Gasteiger partial charge in [0, 0.05) is 42.3 Å². The second kappa shape index (κ2) is 20.6. The predicted molar refractivity (Wildman–Crippen MR) is 185 cm³/mol. The number of nitrogens with two attached hydrogens (primary N) is 2. The van der Waals surface area contributed by atoms with E-state index in [1.165, 1.54) is 0 Å². The normalized spacial score (nSPS) is 12.1. The van der Waals surface area contributed by atoms with E-state index in [-0.39, 0.29) is 5.91 Å². The molecule has 4 aromatic rings. The van der Waals surface area contributed by atoms with Gasteiger partial charge in [0.05, 0.1) is 6.42 Å². The largest absolute Gasteiger partial charge is 0.490 e. The van der Waals surface area contributed by atoms with E-state index < -0.39 is 48.1 Å². The summed E-state index contributed by atoms with van der Waals surface area (Å²) < 4.78 is 63.5. The van der Waals surface area contributed by atoms with Gasteiger partial charge in [-0.2, -0.15) is 26.3 Å². The van der Waals surface area contributed by atoms with Gasteiger partial charge in [0.2, 0.25) is 11.8 Å². The molecule has 0 radical (unpaired) electrons. The van der Waals surface area contributed by atoms with Gasteiger partial charge in [-0.05, 0) is 65.1 Å². The summed E-state index contributed by atoms with van der Waals surface area (Å²) in [6.45, 7) is 0.962. The lowest BCUT2D eigenvalue weighted by molar-refractivity contribution is -0.193. The van der Waals surface area contributed by atoms with E-state index in [0.29, 0.717) is 36.2 Å². The highest BCUT2D eigenvalue weighted by Gasteiger charge is 2.39. The maximum atomic E-state index is 12.4. The highest BCUT2D eigenvalue weighted by atomic mass is 19.4. The molecule has 14 nitrogen and oxygen atoms in total. The first kappa shape index (κ1) is 45.3. The SMILES string of the molecule is NC(=O)c1ccc2c(c1)N(C(=O)Cc1ccncc1)CC2.NCc1cccc(C(=O)N[C@@H](C(=O)O)c2ccccc2)c1.O=C(O)C(F)(F)F.O=C(O)C(F)(F)F. The van der Waals surface area contributed by atoms with Gasteiger partial charge in [-0.1, -0.05) is 48.5 Å². The molecule has 298 valence electrons. The number of halogens is 6. The van der Waals surface area contributed by atoms with Gasteiger partial charge >= 0.3 is 30.3 Å². The van der Waals surface area contributed by atoms with Crippen molar-refractivity contribution in [1.29, 1.82) is 0 Å². The fourth-order valence-corrected chi connectivity index (χ4v) is 4.55. The lowest BCUT2D eigenvalue weighted by atomic mass is 10.1. The summed E-state index contributed by atoms with van der Waals surface area (Å²) >= 11 is 0. The molecule has 3 amide bonds. The average molecular weight is 794 g/mol. The van der Waals surface area contributed by atoms with E-state index in [0.717, 1.165) is 28.8 Å². The quantitative estimate of drug-likeness (QED) is 0.138. The van der Waals surface area contributed by atoms with Gasteiger partial charge in [-0.25, -0.2) is 14.4 Å². The van der Waals surface area contributed by atoms with Gasteiger partial charge < -0.3 is 37.0 Å². The van der Waals surface area contributed by atoms with Crippen LogP contribution in [-0.2, 0) is 38.6 Å². The highest BCUT2D eigenvalue weighted by Crippen LogP contribution is 2.29. The number of anilines is 1. The molecule has 2 heterocycles. The number of primary amides is 1. The molecule has 1 atom stereocenters. The van der Waals surface area contributed by atoms with E-state index in [4.69, 9.17) is 31.3 Å².